The fourth-order valence-electron chi connectivity index (χ4n) is 1.67. The molecule has 106 valence electrons. The number of likely N-dealkylation sites (N-methyl/N-ethyl adjacent to an activating group) is 1. The number of amides is 1. The third-order valence-electron chi connectivity index (χ3n) is 2.79. The van der Waals surface area contributed by atoms with E-state index in [2.05, 4.69) is 0 Å². The Hall–Kier alpha value is -2.11. The number of benzene rings is 1. The smallest absolute Gasteiger partial charge is 0.407 e. The molecule has 1 rings (SSSR count). The summed E-state index contributed by atoms with van der Waals surface area (Å²) in [5.41, 5.74) is 0.919. The first kappa shape index (κ1) is 14.9. The lowest BCUT2D eigenvalue weighted by atomic mass is 10.1. The molecule has 19 heavy (non-hydrogen) atoms. The molecule has 0 aliphatic heterocycles. The molecule has 0 radical (unpaired) electrons. The van der Waals surface area contributed by atoms with Crippen LogP contribution in [0.15, 0.2) is 12.1 Å². The van der Waals surface area contributed by atoms with Crippen LogP contribution in [0.25, 0.3) is 0 Å². The maximum Gasteiger partial charge on any atom is 0.407 e. The van der Waals surface area contributed by atoms with Gasteiger partial charge in [-0.25, -0.2) is 4.79 Å². The Balaban J connectivity index is 2.93. The van der Waals surface area contributed by atoms with E-state index < -0.39 is 6.09 Å². The molecule has 0 spiro atoms. The average molecular weight is 269 g/mol. The first-order valence-electron chi connectivity index (χ1n) is 5.76. The van der Waals surface area contributed by atoms with E-state index in [-0.39, 0.29) is 0 Å². The fourth-order valence-corrected chi connectivity index (χ4v) is 1.67. The van der Waals surface area contributed by atoms with Gasteiger partial charge in [0.2, 0.25) is 5.75 Å². The van der Waals surface area contributed by atoms with E-state index in [4.69, 9.17) is 19.3 Å². The first-order valence-corrected chi connectivity index (χ1v) is 5.76. The zero-order valence-corrected chi connectivity index (χ0v) is 11.6. The standard InChI is InChI=1S/C13H19NO5/c1-14(13(15)16)6-5-9-7-10(17-2)12(19-4)11(8-9)18-3/h7-8H,5-6H2,1-4H3,(H,15,16). The highest BCUT2D eigenvalue weighted by Crippen LogP contribution is 2.38. The highest BCUT2D eigenvalue weighted by molar-refractivity contribution is 5.64. The van der Waals surface area contributed by atoms with Crippen molar-refractivity contribution in [2.75, 3.05) is 34.9 Å². The van der Waals surface area contributed by atoms with Crippen LogP contribution in [0.5, 0.6) is 17.2 Å². The number of rotatable bonds is 6. The topological polar surface area (TPSA) is 68.2 Å². The van der Waals surface area contributed by atoms with Crippen LogP contribution in [0.4, 0.5) is 4.79 Å². The van der Waals surface area contributed by atoms with Crippen LogP contribution in [0.1, 0.15) is 5.56 Å². The highest BCUT2D eigenvalue weighted by atomic mass is 16.5. The molecule has 0 saturated carbocycles. The number of carboxylic acid groups (broad SMARTS) is 1. The number of hydrogen-bond donors (Lipinski definition) is 1. The van der Waals surface area contributed by atoms with Crippen molar-refractivity contribution in [3.05, 3.63) is 17.7 Å². The Morgan fingerprint density at radius 3 is 2.05 bits per heavy atom. The number of methoxy groups -OCH3 is 3. The van der Waals surface area contributed by atoms with Gasteiger partial charge < -0.3 is 24.2 Å². The molecule has 0 aliphatic carbocycles. The van der Waals surface area contributed by atoms with Crippen molar-refractivity contribution < 1.29 is 24.1 Å². The zero-order valence-electron chi connectivity index (χ0n) is 11.6. The van der Waals surface area contributed by atoms with Gasteiger partial charge >= 0.3 is 6.09 Å². The van der Waals surface area contributed by atoms with Gasteiger partial charge in [-0.05, 0) is 24.1 Å². The molecule has 6 heteroatoms. The van der Waals surface area contributed by atoms with E-state index in [9.17, 15) is 4.79 Å². The summed E-state index contributed by atoms with van der Waals surface area (Å²) < 4.78 is 15.7. The van der Waals surface area contributed by atoms with Gasteiger partial charge in [0.25, 0.3) is 0 Å². The summed E-state index contributed by atoms with van der Waals surface area (Å²) in [6.07, 6.45) is -0.382. The SMILES string of the molecule is COc1cc(CCN(C)C(=O)O)cc(OC)c1OC. The van der Waals surface area contributed by atoms with Crippen molar-refractivity contribution >= 4 is 6.09 Å². The van der Waals surface area contributed by atoms with Crippen LogP contribution in [-0.2, 0) is 6.42 Å². The third-order valence-corrected chi connectivity index (χ3v) is 2.79. The second-order valence-corrected chi connectivity index (χ2v) is 3.99. The molecule has 1 amide bonds. The zero-order chi connectivity index (χ0) is 14.4. The molecule has 0 unspecified atom stereocenters. The lowest BCUT2D eigenvalue weighted by molar-refractivity contribution is 0.156. The van der Waals surface area contributed by atoms with Crippen LogP contribution in [0, 0.1) is 0 Å². The molecule has 0 atom stereocenters. The summed E-state index contributed by atoms with van der Waals surface area (Å²) in [5, 5.41) is 8.80. The van der Waals surface area contributed by atoms with Gasteiger partial charge in [0, 0.05) is 13.6 Å². The Labute approximate surface area is 112 Å². The van der Waals surface area contributed by atoms with E-state index >= 15 is 0 Å². The second-order valence-electron chi connectivity index (χ2n) is 3.99. The summed E-state index contributed by atoms with van der Waals surface area (Å²) in [6, 6.07) is 3.63. The second kappa shape index (κ2) is 6.72. The summed E-state index contributed by atoms with van der Waals surface area (Å²) in [5.74, 6) is 1.66. The van der Waals surface area contributed by atoms with E-state index in [1.54, 1.807) is 14.2 Å². The molecule has 0 heterocycles. The van der Waals surface area contributed by atoms with Crippen molar-refractivity contribution in [3.8, 4) is 17.2 Å². The van der Waals surface area contributed by atoms with Crippen LogP contribution in [0.2, 0.25) is 0 Å². The molecule has 1 N–H and O–H groups in total. The highest BCUT2D eigenvalue weighted by Gasteiger charge is 2.14. The largest absolute Gasteiger partial charge is 0.493 e. The molecule has 0 saturated heterocycles. The Bertz CT molecular complexity index is 422. The van der Waals surface area contributed by atoms with Crippen LogP contribution in [0.3, 0.4) is 0 Å². The maximum absolute atomic E-state index is 10.7. The maximum atomic E-state index is 10.7. The molecule has 6 nitrogen and oxygen atoms in total. The Morgan fingerprint density at radius 2 is 1.68 bits per heavy atom. The summed E-state index contributed by atoms with van der Waals surface area (Å²) in [4.78, 5) is 11.9. The molecule has 0 aromatic heterocycles. The van der Waals surface area contributed by atoms with Crippen molar-refractivity contribution in [1.82, 2.24) is 4.90 Å². The van der Waals surface area contributed by atoms with Gasteiger partial charge in [-0.1, -0.05) is 0 Å². The lowest BCUT2D eigenvalue weighted by Gasteiger charge is -2.16. The van der Waals surface area contributed by atoms with Gasteiger partial charge in [-0.3, -0.25) is 0 Å². The van der Waals surface area contributed by atoms with Crippen molar-refractivity contribution in [2.24, 2.45) is 0 Å². The summed E-state index contributed by atoms with van der Waals surface area (Å²) in [7, 11) is 6.16. The van der Waals surface area contributed by atoms with Gasteiger partial charge in [0.05, 0.1) is 21.3 Å². The number of ether oxygens (including phenoxy) is 3. The quantitative estimate of drug-likeness (QED) is 0.853. The number of nitrogens with zero attached hydrogens (tertiary/aromatic N) is 1. The molecule has 0 fully saturated rings. The van der Waals surface area contributed by atoms with E-state index in [0.29, 0.717) is 30.2 Å². The minimum Gasteiger partial charge on any atom is -0.493 e. The minimum absolute atomic E-state index is 0.397. The van der Waals surface area contributed by atoms with Crippen molar-refractivity contribution in [2.45, 2.75) is 6.42 Å². The summed E-state index contributed by atoms with van der Waals surface area (Å²) in [6.45, 7) is 0.397. The molecular weight excluding hydrogens is 250 g/mol. The predicted molar refractivity (Wildman–Crippen MR) is 70.5 cm³/mol. The fraction of sp³-hybridized carbons (Fsp3) is 0.462. The number of hydrogen-bond acceptors (Lipinski definition) is 4. The average Bonchev–Trinajstić information content (AvgIpc) is 2.42. The van der Waals surface area contributed by atoms with Gasteiger partial charge in [0.15, 0.2) is 11.5 Å². The van der Waals surface area contributed by atoms with Crippen molar-refractivity contribution in [1.29, 1.82) is 0 Å². The Kier molecular flexibility index (Phi) is 5.29. The van der Waals surface area contributed by atoms with E-state index in [1.807, 2.05) is 12.1 Å². The number of carbonyl (C=O) groups is 1. The summed E-state index contributed by atoms with van der Waals surface area (Å²) >= 11 is 0. The van der Waals surface area contributed by atoms with Crippen LogP contribution >= 0.6 is 0 Å². The van der Waals surface area contributed by atoms with E-state index in [1.165, 1.54) is 19.1 Å². The van der Waals surface area contributed by atoms with Gasteiger partial charge in [-0.15, -0.1) is 0 Å². The third kappa shape index (κ3) is 3.67. The monoisotopic (exact) mass is 269 g/mol. The molecule has 1 aromatic rings. The Morgan fingerprint density at radius 1 is 1.16 bits per heavy atom. The minimum atomic E-state index is -0.951. The van der Waals surface area contributed by atoms with Crippen LogP contribution < -0.4 is 14.2 Å². The molecule has 0 aliphatic rings. The van der Waals surface area contributed by atoms with E-state index in [0.717, 1.165) is 5.56 Å². The molecule has 1 aromatic carbocycles. The first-order chi connectivity index (χ1) is 9.03. The normalized spacial score (nSPS) is 9.89. The van der Waals surface area contributed by atoms with Crippen molar-refractivity contribution in [3.63, 3.8) is 0 Å². The van der Waals surface area contributed by atoms with Gasteiger partial charge in [-0.2, -0.15) is 0 Å². The van der Waals surface area contributed by atoms with Crippen LogP contribution in [-0.4, -0.2) is 51.0 Å². The lowest BCUT2D eigenvalue weighted by Crippen LogP contribution is -2.26. The molecule has 0 bridgehead atoms. The van der Waals surface area contributed by atoms with Gasteiger partial charge in [0.1, 0.15) is 0 Å². The predicted octanol–water partition coefficient (Wildman–Crippen LogP) is 1.86. The molecular formula is C13H19NO5.